The van der Waals surface area contributed by atoms with E-state index in [4.69, 9.17) is 0 Å². The van der Waals surface area contributed by atoms with Crippen molar-refractivity contribution in [3.63, 3.8) is 0 Å². The molecule has 3 nitrogen and oxygen atoms in total. The molecule has 5 aliphatic carbocycles. The first-order valence-corrected chi connectivity index (χ1v) is 14.7. The van der Waals surface area contributed by atoms with Crippen LogP contribution in [0.25, 0.3) is 0 Å². The van der Waals surface area contributed by atoms with Gasteiger partial charge < -0.3 is 15.5 Å². The number of aliphatic hydroxyl groups excluding tert-OH is 2. The molecule has 1 unspecified atom stereocenters. The van der Waals surface area contributed by atoms with E-state index in [1.54, 1.807) is 0 Å². The molecule has 34 heavy (non-hydrogen) atoms. The summed E-state index contributed by atoms with van der Waals surface area (Å²) in [5.41, 5.74) is 2.69. The van der Waals surface area contributed by atoms with Gasteiger partial charge in [-0.25, -0.2) is 0 Å². The molecule has 0 bridgehead atoms. The Morgan fingerprint density at radius 2 is 1.56 bits per heavy atom. The molecule has 5 fully saturated rings. The molecule has 5 saturated carbocycles. The average molecular weight is 472 g/mol. The maximum absolute atomic E-state index is 10.6. The van der Waals surface area contributed by atoms with E-state index in [1.807, 2.05) is 0 Å². The maximum atomic E-state index is 10.6. The Hall–Kier alpha value is -0.380. The molecule has 0 radical (unpaired) electrons. The van der Waals surface area contributed by atoms with Crippen LogP contribution in [-0.4, -0.2) is 36.0 Å². The Kier molecular flexibility index (Phi) is 6.39. The lowest BCUT2D eigenvalue weighted by Crippen LogP contribution is -2.65. The van der Waals surface area contributed by atoms with E-state index in [0.717, 1.165) is 30.2 Å². The number of fused-ring (bicyclic) bond motifs is 7. The van der Waals surface area contributed by atoms with Gasteiger partial charge in [-0.1, -0.05) is 39.8 Å². The van der Waals surface area contributed by atoms with Crippen LogP contribution in [0.4, 0.5) is 0 Å². The fourth-order valence-electron chi connectivity index (χ4n) is 11.8. The van der Waals surface area contributed by atoms with Crippen LogP contribution in [0.2, 0.25) is 0 Å². The van der Waals surface area contributed by atoms with Gasteiger partial charge in [0.1, 0.15) is 0 Å². The number of allylic oxidation sites excluding steroid dienone is 1. The van der Waals surface area contributed by atoms with Crippen molar-refractivity contribution in [1.82, 2.24) is 5.32 Å². The van der Waals surface area contributed by atoms with Crippen molar-refractivity contribution >= 4 is 0 Å². The van der Waals surface area contributed by atoms with Gasteiger partial charge in [0.05, 0.1) is 6.61 Å². The van der Waals surface area contributed by atoms with Crippen LogP contribution in [0.5, 0.6) is 0 Å². The minimum absolute atomic E-state index is 0.174. The quantitative estimate of drug-likeness (QED) is 0.419. The highest BCUT2D eigenvalue weighted by molar-refractivity contribution is 5.18. The van der Waals surface area contributed by atoms with Crippen LogP contribution >= 0.6 is 0 Å². The molecule has 5 rings (SSSR count). The van der Waals surface area contributed by atoms with Gasteiger partial charge in [0.2, 0.25) is 0 Å². The number of aliphatic hydroxyl groups is 2. The summed E-state index contributed by atoms with van der Waals surface area (Å²) >= 11 is 0. The molecule has 0 aromatic rings. The van der Waals surface area contributed by atoms with Crippen LogP contribution in [0.1, 0.15) is 98.8 Å². The molecule has 10 atom stereocenters. The van der Waals surface area contributed by atoms with Gasteiger partial charge >= 0.3 is 0 Å². The second kappa shape index (κ2) is 8.59. The number of rotatable bonds is 5. The summed E-state index contributed by atoms with van der Waals surface area (Å²) in [5, 5.41) is 23.8. The number of hydrogen-bond acceptors (Lipinski definition) is 3. The largest absolute Gasteiger partial charge is 0.396 e. The monoisotopic (exact) mass is 471 g/mol. The topological polar surface area (TPSA) is 52.5 Å². The van der Waals surface area contributed by atoms with E-state index in [-0.39, 0.29) is 17.4 Å². The Balaban J connectivity index is 1.44. The van der Waals surface area contributed by atoms with Gasteiger partial charge in [-0.2, -0.15) is 0 Å². The van der Waals surface area contributed by atoms with Crippen molar-refractivity contribution in [3.05, 3.63) is 12.2 Å². The first-order valence-electron chi connectivity index (χ1n) is 14.7. The second-order valence-corrected chi connectivity index (χ2v) is 14.7. The molecule has 0 aromatic heterocycles. The summed E-state index contributed by atoms with van der Waals surface area (Å²) in [6.07, 6.45) is 13.1. The highest BCUT2D eigenvalue weighted by Crippen LogP contribution is 2.73. The molecular weight excluding hydrogens is 418 g/mol. The Labute approximate surface area is 209 Å². The van der Waals surface area contributed by atoms with Crippen molar-refractivity contribution in [2.75, 3.05) is 19.8 Å². The molecule has 0 aromatic carbocycles. The van der Waals surface area contributed by atoms with Crippen molar-refractivity contribution in [2.45, 2.75) is 105 Å². The SMILES string of the molecule is C=C(C)[C@@H]1CC[C@]2(CO)CC[C@@H]3[C@H](CC[C@H]4[C@@]3(C)CC[C@H]3C(C)(C)C(NCCO)CC[C@]43C)[C@@H]12. The minimum atomic E-state index is 0.174. The summed E-state index contributed by atoms with van der Waals surface area (Å²) in [7, 11) is 0. The van der Waals surface area contributed by atoms with Crippen LogP contribution < -0.4 is 5.32 Å². The van der Waals surface area contributed by atoms with E-state index in [9.17, 15) is 10.2 Å². The molecule has 0 heterocycles. The average Bonchev–Trinajstić information content (AvgIpc) is 3.19. The molecule has 0 aliphatic heterocycles. The van der Waals surface area contributed by atoms with Crippen molar-refractivity contribution in [2.24, 2.45) is 57.2 Å². The Bertz CT molecular complexity index is 792. The molecule has 3 heteroatoms. The minimum Gasteiger partial charge on any atom is -0.396 e. The van der Waals surface area contributed by atoms with Gasteiger partial charge in [-0.3, -0.25) is 0 Å². The third-order valence-electron chi connectivity index (χ3n) is 13.2. The lowest BCUT2D eigenvalue weighted by Gasteiger charge is -2.69. The molecule has 3 N–H and O–H groups in total. The molecule has 194 valence electrons. The van der Waals surface area contributed by atoms with Gasteiger partial charge in [0, 0.05) is 19.2 Å². The lowest BCUT2D eigenvalue weighted by atomic mass is 9.36. The van der Waals surface area contributed by atoms with Gasteiger partial charge in [0.15, 0.2) is 0 Å². The normalized spacial score (nSPS) is 51.7. The fourth-order valence-corrected chi connectivity index (χ4v) is 11.8. The second-order valence-electron chi connectivity index (χ2n) is 14.7. The standard InChI is InChI=1S/C31H53NO2/c1-20(2)21-9-15-31(19-34)16-10-23-22(27(21)31)7-8-25-29(23,5)13-11-24-28(3,4)26(32-17-18-33)12-14-30(24,25)6/h21-27,32-34H,1,7-19H2,2-6H3/t21-,22-,23+,24-,25-,26?,27+,29-,30-,31+/m0/s1. The van der Waals surface area contributed by atoms with Crippen molar-refractivity contribution in [3.8, 4) is 0 Å². The number of nitrogens with one attached hydrogen (secondary N) is 1. The Morgan fingerprint density at radius 1 is 0.853 bits per heavy atom. The molecular formula is C31H53NO2. The third kappa shape index (κ3) is 3.38. The van der Waals surface area contributed by atoms with Crippen molar-refractivity contribution < 1.29 is 10.2 Å². The zero-order chi connectivity index (χ0) is 24.5. The predicted octanol–water partition coefficient (Wildman–Crippen LogP) is 6.20. The molecule has 0 spiro atoms. The highest BCUT2D eigenvalue weighted by atomic mass is 16.3. The lowest BCUT2D eigenvalue weighted by molar-refractivity contribution is -0.204. The molecule has 5 aliphatic rings. The summed E-state index contributed by atoms with van der Waals surface area (Å²) in [5.74, 6) is 4.47. The van der Waals surface area contributed by atoms with Crippen LogP contribution in [0, 0.1) is 57.2 Å². The fraction of sp³-hybridized carbons (Fsp3) is 0.935. The van der Waals surface area contributed by atoms with E-state index in [2.05, 4.69) is 46.5 Å². The first-order chi connectivity index (χ1) is 16.0. The van der Waals surface area contributed by atoms with E-state index >= 15 is 0 Å². The van der Waals surface area contributed by atoms with Crippen molar-refractivity contribution in [1.29, 1.82) is 0 Å². The van der Waals surface area contributed by atoms with Crippen LogP contribution in [0.3, 0.4) is 0 Å². The summed E-state index contributed by atoms with van der Waals surface area (Å²) in [4.78, 5) is 0. The van der Waals surface area contributed by atoms with Gasteiger partial charge in [-0.05, 0) is 128 Å². The number of hydrogen-bond donors (Lipinski definition) is 3. The highest BCUT2D eigenvalue weighted by Gasteiger charge is 2.67. The van der Waals surface area contributed by atoms with E-state index < -0.39 is 0 Å². The molecule has 0 saturated heterocycles. The predicted molar refractivity (Wildman–Crippen MR) is 140 cm³/mol. The summed E-state index contributed by atoms with van der Waals surface area (Å²) < 4.78 is 0. The van der Waals surface area contributed by atoms with Crippen LogP contribution in [0.15, 0.2) is 12.2 Å². The Morgan fingerprint density at radius 3 is 2.24 bits per heavy atom. The molecule has 0 amide bonds. The summed E-state index contributed by atoms with van der Waals surface area (Å²) in [6.45, 7) is 18.5. The van der Waals surface area contributed by atoms with E-state index in [0.29, 0.717) is 35.3 Å². The van der Waals surface area contributed by atoms with Crippen LogP contribution in [-0.2, 0) is 0 Å². The zero-order valence-corrected chi connectivity index (χ0v) is 22.8. The zero-order valence-electron chi connectivity index (χ0n) is 22.8. The van der Waals surface area contributed by atoms with Gasteiger partial charge in [0.25, 0.3) is 0 Å². The van der Waals surface area contributed by atoms with E-state index in [1.165, 1.54) is 69.8 Å². The maximum Gasteiger partial charge on any atom is 0.0556 e. The third-order valence-corrected chi connectivity index (χ3v) is 13.2. The van der Waals surface area contributed by atoms with Gasteiger partial charge in [-0.15, -0.1) is 0 Å². The summed E-state index contributed by atoms with van der Waals surface area (Å²) in [6, 6.07) is 0.521. The smallest absolute Gasteiger partial charge is 0.0556 e. The first kappa shape index (κ1) is 25.3.